The molecule has 0 heterocycles. The first kappa shape index (κ1) is 24.4. The normalized spacial score (nSPS) is 12.3. The Bertz CT molecular complexity index is 978. The summed E-state index contributed by atoms with van der Waals surface area (Å²) < 4.78 is 31.0. The number of hydrogen-bond acceptors (Lipinski definition) is 5. The summed E-state index contributed by atoms with van der Waals surface area (Å²) in [5.74, 6) is -0.129. The molecule has 0 aliphatic carbocycles. The lowest BCUT2D eigenvalue weighted by molar-refractivity contribution is -0.140. The zero-order valence-corrected chi connectivity index (χ0v) is 19.1. The van der Waals surface area contributed by atoms with E-state index in [1.807, 2.05) is 6.07 Å². The lowest BCUT2D eigenvalue weighted by Crippen LogP contribution is -2.50. The van der Waals surface area contributed by atoms with Crippen LogP contribution in [0, 0.1) is 0 Å². The van der Waals surface area contributed by atoms with Crippen LogP contribution in [0.25, 0.3) is 0 Å². The zero-order valence-electron chi connectivity index (χ0n) is 18.2. The van der Waals surface area contributed by atoms with E-state index in [-0.39, 0.29) is 25.5 Å². The summed E-state index contributed by atoms with van der Waals surface area (Å²) in [6, 6.07) is 15.4. The molecule has 0 aromatic heterocycles. The third-order valence-corrected chi connectivity index (χ3v) is 6.10. The number of ether oxygens (including phenoxy) is 1. The molecule has 0 aliphatic heterocycles. The number of carbonyl (C=O) groups is 2. The maximum Gasteiger partial charge on any atom is 0.242 e. The molecule has 0 bridgehead atoms. The quantitative estimate of drug-likeness (QED) is 0.597. The number of nitrogens with zero attached hydrogens (tertiary/aromatic N) is 2. The van der Waals surface area contributed by atoms with Gasteiger partial charge in [-0.05, 0) is 30.2 Å². The molecule has 31 heavy (non-hydrogen) atoms. The van der Waals surface area contributed by atoms with Crippen LogP contribution in [0.2, 0.25) is 0 Å². The zero-order chi connectivity index (χ0) is 23.0. The maximum atomic E-state index is 13.2. The fourth-order valence-corrected chi connectivity index (χ4v) is 3.77. The first-order valence-electron chi connectivity index (χ1n) is 9.78. The van der Waals surface area contributed by atoms with Crippen molar-refractivity contribution >= 4 is 21.8 Å². The van der Waals surface area contributed by atoms with Crippen molar-refractivity contribution in [3.05, 3.63) is 65.7 Å². The largest absolute Gasteiger partial charge is 0.497 e. The third-order valence-electron chi connectivity index (χ3n) is 4.91. The fourth-order valence-electron chi connectivity index (χ4n) is 3.04. The van der Waals surface area contributed by atoms with Crippen molar-refractivity contribution in [1.82, 2.24) is 14.5 Å². The highest BCUT2D eigenvalue weighted by Crippen LogP contribution is 2.16. The average molecular weight is 448 g/mol. The molecule has 1 atom stereocenters. The number of sulfonamides is 1. The number of hydrogen-bond donors (Lipinski definition) is 1. The van der Waals surface area contributed by atoms with Gasteiger partial charge in [0.25, 0.3) is 0 Å². The molecule has 0 spiro atoms. The lowest BCUT2D eigenvalue weighted by Gasteiger charge is -2.30. The van der Waals surface area contributed by atoms with Crippen LogP contribution in [-0.4, -0.2) is 62.4 Å². The third kappa shape index (κ3) is 7.08. The summed E-state index contributed by atoms with van der Waals surface area (Å²) in [5.41, 5.74) is 1.56. The maximum absolute atomic E-state index is 13.2. The Hall–Kier alpha value is -2.91. The second kappa shape index (κ2) is 10.9. The van der Waals surface area contributed by atoms with Gasteiger partial charge in [0.1, 0.15) is 11.8 Å². The van der Waals surface area contributed by atoms with Crippen LogP contribution in [0.3, 0.4) is 0 Å². The van der Waals surface area contributed by atoms with Gasteiger partial charge in [0.05, 0.1) is 19.9 Å². The smallest absolute Gasteiger partial charge is 0.242 e. The molecule has 0 saturated carbocycles. The molecule has 0 radical (unpaired) electrons. The van der Waals surface area contributed by atoms with Gasteiger partial charge in [-0.3, -0.25) is 9.59 Å². The van der Waals surface area contributed by atoms with Crippen LogP contribution in [0.5, 0.6) is 5.75 Å². The fraction of sp³-hybridized carbons (Fsp3) is 0.364. The van der Waals surface area contributed by atoms with Crippen LogP contribution in [0.1, 0.15) is 18.1 Å². The molecule has 0 unspecified atom stereocenters. The van der Waals surface area contributed by atoms with Gasteiger partial charge in [0, 0.05) is 20.1 Å². The van der Waals surface area contributed by atoms with E-state index in [9.17, 15) is 18.0 Å². The molecule has 2 aromatic rings. The van der Waals surface area contributed by atoms with Gasteiger partial charge in [-0.25, -0.2) is 8.42 Å². The minimum atomic E-state index is -3.66. The summed E-state index contributed by atoms with van der Waals surface area (Å²) in [4.78, 5) is 26.8. The molecule has 0 fully saturated rings. The number of amides is 2. The van der Waals surface area contributed by atoms with E-state index in [0.717, 1.165) is 21.7 Å². The van der Waals surface area contributed by atoms with Crippen molar-refractivity contribution in [1.29, 1.82) is 0 Å². The van der Waals surface area contributed by atoms with E-state index in [2.05, 4.69) is 5.32 Å². The Morgan fingerprint density at radius 2 is 1.58 bits per heavy atom. The van der Waals surface area contributed by atoms with Crippen LogP contribution in [-0.2, 0) is 32.7 Å². The van der Waals surface area contributed by atoms with Crippen molar-refractivity contribution in [3.63, 3.8) is 0 Å². The Kier molecular flexibility index (Phi) is 8.58. The molecule has 1 N–H and O–H groups in total. The predicted octanol–water partition coefficient (Wildman–Crippen LogP) is 1.62. The first-order valence-corrected chi connectivity index (χ1v) is 11.6. The van der Waals surface area contributed by atoms with Gasteiger partial charge >= 0.3 is 0 Å². The summed E-state index contributed by atoms with van der Waals surface area (Å²) in [7, 11) is -0.603. The van der Waals surface area contributed by atoms with E-state index >= 15 is 0 Å². The molecule has 2 amide bonds. The van der Waals surface area contributed by atoms with Crippen LogP contribution >= 0.6 is 0 Å². The van der Waals surface area contributed by atoms with Gasteiger partial charge in [-0.2, -0.15) is 4.31 Å². The Balaban J connectivity index is 2.27. The van der Waals surface area contributed by atoms with E-state index in [1.54, 1.807) is 62.6 Å². The van der Waals surface area contributed by atoms with Crippen LogP contribution < -0.4 is 10.1 Å². The number of rotatable bonds is 10. The number of carbonyl (C=O) groups excluding carboxylic acids is 2. The number of nitrogens with one attached hydrogen (secondary N) is 1. The molecule has 2 rings (SSSR count). The minimum Gasteiger partial charge on any atom is -0.497 e. The Labute approximate surface area is 183 Å². The standard InChI is InChI=1S/C22H29N3O5S/c1-17(22(27)23-2)25(15-19-10-12-20(30-3)13-11-19)21(26)16-24(31(4,28)29)14-18-8-6-5-7-9-18/h5-13,17H,14-16H2,1-4H3,(H,23,27)/t17-/m0/s1. The average Bonchev–Trinajstić information content (AvgIpc) is 2.76. The van der Waals surface area contributed by atoms with Crippen molar-refractivity contribution in [2.75, 3.05) is 27.0 Å². The second-order valence-corrected chi connectivity index (χ2v) is 9.16. The molecule has 0 aliphatic rings. The highest BCUT2D eigenvalue weighted by atomic mass is 32.2. The van der Waals surface area contributed by atoms with E-state index in [0.29, 0.717) is 5.75 Å². The second-order valence-electron chi connectivity index (χ2n) is 7.18. The van der Waals surface area contributed by atoms with Crippen molar-refractivity contribution in [2.45, 2.75) is 26.1 Å². The predicted molar refractivity (Wildman–Crippen MR) is 119 cm³/mol. The van der Waals surface area contributed by atoms with Crippen molar-refractivity contribution in [3.8, 4) is 5.75 Å². The first-order chi connectivity index (χ1) is 14.7. The topological polar surface area (TPSA) is 96.0 Å². The van der Waals surface area contributed by atoms with Crippen LogP contribution in [0.4, 0.5) is 0 Å². The van der Waals surface area contributed by atoms with Crippen LogP contribution in [0.15, 0.2) is 54.6 Å². The SMILES string of the molecule is CNC(=O)[C@H](C)N(Cc1ccc(OC)cc1)C(=O)CN(Cc1ccccc1)S(C)(=O)=O. The molecule has 2 aromatic carbocycles. The highest BCUT2D eigenvalue weighted by molar-refractivity contribution is 7.88. The number of benzene rings is 2. The summed E-state index contributed by atoms with van der Waals surface area (Å²) in [6.45, 7) is 1.46. The van der Waals surface area contributed by atoms with Gasteiger partial charge in [-0.15, -0.1) is 0 Å². The molecular weight excluding hydrogens is 418 g/mol. The number of methoxy groups -OCH3 is 1. The Morgan fingerprint density at radius 1 is 1.00 bits per heavy atom. The molecule has 9 heteroatoms. The van der Waals surface area contributed by atoms with E-state index in [1.165, 1.54) is 11.9 Å². The molecular formula is C22H29N3O5S. The summed E-state index contributed by atoms with van der Waals surface area (Å²) in [5, 5.41) is 2.54. The van der Waals surface area contributed by atoms with Gasteiger partial charge < -0.3 is 15.0 Å². The monoisotopic (exact) mass is 447 g/mol. The summed E-state index contributed by atoms with van der Waals surface area (Å²) in [6.07, 6.45) is 1.07. The van der Waals surface area contributed by atoms with E-state index in [4.69, 9.17) is 4.74 Å². The molecule has 168 valence electrons. The van der Waals surface area contributed by atoms with Gasteiger partial charge in [0.15, 0.2) is 0 Å². The summed E-state index contributed by atoms with van der Waals surface area (Å²) >= 11 is 0. The molecule has 8 nitrogen and oxygen atoms in total. The lowest BCUT2D eigenvalue weighted by atomic mass is 10.1. The number of likely N-dealkylation sites (N-methyl/N-ethyl adjacent to an activating group) is 1. The van der Waals surface area contributed by atoms with E-state index < -0.39 is 22.0 Å². The molecule has 0 saturated heterocycles. The van der Waals surface area contributed by atoms with Gasteiger partial charge in [0.2, 0.25) is 21.8 Å². The van der Waals surface area contributed by atoms with Gasteiger partial charge in [-0.1, -0.05) is 42.5 Å². The Morgan fingerprint density at radius 3 is 2.10 bits per heavy atom. The highest BCUT2D eigenvalue weighted by Gasteiger charge is 2.29. The van der Waals surface area contributed by atoms with Crippen molar-refractivity contribution < 1.29 is 22.7 Å². The minimum absolute atomic E-state index is 0.0656. The van der Waals surface area contributed by atoms with Crippen molar-refractivity contribution in [2.24, 2.45) is 0 Å².